The van der Waals surface area contributed by atoms with Crippen LogP contribution in [0.2, 0.25) is 0 Å². The van der Waals surface area contributed by atoms with Crippen molar-refractivity contribution in [2.24, 2.45) is 0 Å². The van der Waals surface area contributed by atoms with Crippen LogP contribution in [0, 0.1) is 0 Å². The van der Waals surface area contributed by atoms with Crippen LogP contribution in [-0.2, 0) is 6.54 Å². The molecule has 0 spiro atoms. The molecular weight excluding hydrogens is 268 g/mol. The van der Waals surface area contributed by atoms with Gasteiger partial charge in [-0.3, -0.25) is 4.79 Å². The number of hydrogen-bond donors (Lipinski definition) is 0. The van der Waals surface area contributed by atoms with Crippen LogP contribution in [-0.4, -0.2) is 20.7 Å². The maximum Gasteiger partial charge on any atom is 0.173 e. The van der Waals surface area contributed by atoms with Crippen molar-refractivity contribution in [1.29, 1.82) is 0 Å². The van der Waals surface area contributed by atoms with Crippen LogP contribution in [0.5, 0.6) is 0 Å². The number of alkyl halides is 1. The molecule has 0 N–H and O–H groups in total. The van der Waals surface area contributed by atoms with Crippen LogP contribution >= 0.6 is 15.9 Å². The number of benzene rings is 1. The number of nitrogens with zero attached hydrogens (tertiary/aromatic N) is 2. The summed E-state index contributed by atoms with van der Waals surface area (Å²) in [6, 6.07) is 5.65. The molecule has 0 fully saturated rings. The smallest absolute Gasteiger partial charge is 0.173 e. The van der Waals surface area contributed by atoms with Gasteiger partial charge in [-0.05, 0) is 24.6 Å². The van der Waals surface area contributed by atoms with Crippen LogP contribution < -0.4 is 0 Å². The SMILES string of the molecule is CCCn1cnc2ccc(C(=O)CBr)cc21. The summed E-state index contributed by atoms with van der Waals surface area (Å²) in [4.78, 5) is 15.9. The number of halogens is 1. The second-order valence-electron chi connectivity index (χ2n) is 3.70. The van der Waals surface area contributed by atoms with E-state index < -0.39 is 0 Å². The standard InChI is InChI=1S/C12H13BrN2O/c1-2-5-15-8-14-10-4-3-9(6-11(10)15)12(16)7-13/h3-4,6,8H,2,5,7H2,1H3. The molecule has 0 aliphatic heterocycles. The molecule has 1 heterocycles. The average molecular weight is 281 g/mol. The van der Waals surface area contributed by atoms with Crippen LogP contribution in [0.3, 0.4) is 0 Å². The van der Waals surface area contributed by atoms with E-state index in [4.69, 9.17) is 0 Å². The van der Waals surface area contributed by atoms with Crippen molar-refractivity contribution < 1.29 is 4.79 Å². The van der Waals surface area contributed by atoms with E-state index in [1.165, 1.54) is 0 Å². The zero-order valence-corrected chi connectivity index (χ0v) is 10.7. The van der Waals surface area contributed by atoms with Crippen molar-refractivity contribution >= 4 is 32.7 Å². The third-order valence-corrected chi connectivity index (χ3v) is 3.04. The number of rotatable bonds is 4. The Balaban J connectivity index is 2.49. The van der Waals surface area contributed by atoms with E-state index in [0.717, 1.165) is 29.6 Å². The number of aromatic nitrogens is 2. The molecule has 1 aromatic heterocycles. The molecule has 0 aliphatic carbocycles. The lowest BCUT2D eigenvalue weighted by atomic mass is 10.1. The molecule has 4 heteroatoms. The molecule has 0 bridgehead atoms. The van der Waals surface area contributed by atoms with Crippen LogP contribution in [0.15, 0.2) is 24.5 Å². The third kappa shape index (κ3) is 2.02. The van der Waals surface area contributed by atoms with E-state index in [9.17, 15) is 4.79 Å². The maximum atomic E-state index is 11.6. The summed E-state index contributed by atoms with van der Waals surface area (Å²) >= 11 is 3.18. The van der Waals surface area contributed by atoms with Crippen molar-refractivity contribution in [3.05, 3.63) is 30.1 Å². The molecular formula is C12H13BrN2O. The third-order valence-electron chi connectivity index (χ3n) is 2.53. The van der Waals surface area contributed by atoms with E-state index in [1.54, 1.807) is 0 Å². The number of imidazole rings is 1. The number of ketones is 1. The first-order chi connectivity index (χ1) is 7.76. The van der Waals surface area contributed by atoms with Gasteiger partial charge >= 0.3 is 0 Å². The maximum absolute atomic E-state index is 11.6. The van der Waals surface area contributed by atoms with Gasteiger partial charge in [0.1, 0.15) is 0 Å². The molecule has 16 heavy (non-hydrogen) atoms. The molecule has 0 unspecified atom stereocenters. The van der Waals surface area contributed by atoms with Gasteiger partial charge in [-0.1, -0.05) is 22.9 Å². The Morgan fingerprint density at radius 3 is 3.00 bits per heavy atom. The number of aryl methyl sites for hydroxylation is 1. The van der Waals surface area contributed by atoms with E-state index in [2.05, 4.69) is 32.4 Å². The first-order valence-electron chi connectivity index (χ1n) is 5.30. The second-order valence-corrected chi connectivity index (χ2v) is 4.26. The fourth-order valence-electron chi connectivity index (χ4n) is 1.73. The van der Waals surface area contributed by atoms with Gasteiger partial charge in [0.2, 0.25) is 0 Å². The Labute approximate surface area is 103 Å². The highest BCUT2D eigenvalue weighted by atomic mass is 79.9. The topological polar surface area (TPSA) is 34.9 Å². The quantitative estimate of drug-likeness (QED) is 0.637. The van der Waals surface area contributed by atoms with Crippen LogP contribution in [0.1, 0.15) is 23.7 Å². The highest BCUT2D eigenvalue weighted by Gasteiger charge is 2.07. The summed E-state index contributed by atoms with van der Waals surface area (Å²) in [6.45, 7) is 3.06. The van der Waals surface area contributed by atoms with Crippen molar-refractivity contribution in [3.63, 3.8) is 0 Å². The minimum atomic E-state index is 0.103. The summed E-state index contributed by atoms with van der Waals surface area (Å²) in [6.07, 6.45) is 2.89. The Bertz CT molecular complexity index is 519. The van der Waals surface area contributed by atoms with E-state index >= 15 is 0 Å². The van der Waals surface area contributed by atoms with E-state index in [0.29, 0.717) is 5.33 Å². The monoisotopic (exact) mass is 280 g/mol. The zero-order valence-electron chi connectivity index (χ0n) is 9.11. The minimum Gasteiger partial charge on any atom is -0.331 e. The molecule has 1 aromatic carbocycles. The molecule has 0 aliphatic rings. The first kappa shape index (κ1) is 11.3. The van der Waals surface area contributed by atoms with Gasteiger partial charge in [0.15, 0.2) is 5.78 Å². The second kappa shape index (κ2) is 4.78. The number of Topliss-reactive ketones (excluding diaryl/α,β-unsaturated/α-hetero) is 1. The molecule has 0 amide bonds. The van der Waals surface area contributed by atoms with Gasteiger partial charge in [-0.2, -0.15) is 0 Å². The Kier molecular flexibility index (Phi) is 3.39. The van der Waals surface area contributed by atoms with Crippen molar-refractivity contribution in [3.8, 4) is 0 Å². The van der Waals surface area contributed by atoms with Gasteiger partial charge in [0, 0.05) is 12.1 Å². The number of carbonyl (C=O) groups is 1. The highest BCUT2D eigenvalue weighted by molar-refractivity contribution is 9.09. The van der Waals surface area contributed by atoms with E-state index in [-0.39, 0.29) is 5.78 Å². The summed E-state index contributed by atoms with van der Waals surface area (Å²) in [7, 11) is 0. The Morgan fingerprint density at radius 1 is 1.50 bits per heavy atom. The molecule has 84 valence electrons. The number of hydrogen-bond acceptors (Lipinski definition) is 2. The molecule has 3 nitrogen and oxygen atoms in total. The lowest BCUT2D eigenvalue weighted by Gasteiger charge is -2.02. The highest BCUT2D eigenvalue weighted by Crippen LogP contribution is 2.16. The predicted molar refractivity (Wildman–Crippen MR) is 68.1 cm³/mol. The largest absolute Gasteiger partial charge is 0.331 e. The molecule has 0 atom stereocenters. The average Bonchev–Trinajstić information content (AvgIpc) is 2.71. The molecule has 2 aromatic rings. The fourth-order valence-corrected chi connectivity index (χ4v) is 2.05. The molecule has 0 saturated carbocycles. The van der Waals surface area contributed by atoms with Gasteiger partial charge in [-0.15, -0.1) is 0 Å². The van der Waals surface area contributed by atoms with Crippen LogP contribution in [0.25, 0.3) is 11.0 Å². The van der Waals surface area contributed by atoms with Gasteiger partial charge in [0.05, 0.1) is 22.7 Å². The summed E-state index contributed by atoms with van der Waals surface area (Å²) in [5.74, 6) is 0.103. The lowest BCUT2D eigenvalue weighted by Crippen LogP contribution is -2.00. The van der Waals surface area contributed by atoms with E-state index in [1.807, 2.05) is 24.5 Å². The Hall–Kier alpha value is -1.16. The summed E-state index contributed by atoms with van der Waals surface area (Å²) in [5.41, 5.74) is 2.72. The number of carbonyl (C=O) groups excluding carboxylic acids is 1. The fraction of sp³-hybridized carbons (Fsp3) is 0.333. The molecule has 2 rings (SSSR count). The molecule has 0 radical (unpaired) electrons. The normalized spacial score (nSPS) is 10.9. The van der Waals surface area contributed by atoms with Gasteiger partial charge < -0.3 is 4.57 Å². The molecule has 0 saturated heterocycles. The number of fused-ring (bicyclic) bond motifs is 1. The van der Waals surface area contributed by atoms with Gasteiger partial charge in [-0.25, -0.2) is 4.98 Å². The Morgan fingerprint density at radius 2 is 2.31 bits per heavy atom. The zero-order chi connectivity index (χ0) is 11.5. The van der Waals surface area contributed by atoms with Crippen molar-refractivity contribution in [2.75, 3.05) is 5.33 Å². The van der Waals surface area contributed by atoms with Crippen LogP contribution in [0.4, 0.5) is 0 Å². The summed E-state index contributed by atoms with van der Waals surface area (Å²) in [5, 5.41) is 0.362. The van der Waals surface area contributed by atoms with Crippen molar-refractivity contribution in [2.45, 2.75) is 19.9 Å². The first-order valence-corrected chi connectivity index (χ1v) is 6.42. The van der Waals surface area contributed by atoms with Gasteiger partial charge in [0.25, 0.3) is 0 Å². The van der Waals surface area contributed by atoms with Crippen molar-refractivity contribution in [1.82, 2.24) is 9.55 Å². The summed E-state index contributed by atoms with van der Waals surface area (Å²) < 4.78 is 2.08. The predicted octanol–water partition coefficient (Wildman–Crippen LogP) is 3.02. The minimum absolute atomic E-state index is 0.103. The lowest BCUT2D eigenvalue weighted by molar-refractivity contribution is 0.102.